The van der Waals surface area contributed by atoms with Crippen molar-refractivity contribution in [2.75, 3.05) is 10.6 Å². The summed E-state index contributed by atoms with van der Waals surface area (Å²) in [7, 11) is 0. The predicted octanol–water partition coefficient (Wildman–Crippen LogP) is 3.94. The standard InChI is InChI=1S/C19H27N5O2/c1-6-13(4)24-14(5)11-17(23-24)22-18(25)15-7-9-16(10-8-15)21-19(26)20-12(2)3/h7-13H,6H2,1-5H3,(H2,20,21,26)(H,22,23,25)/t13-/m0/s1. The highest BCUT2D eigenvalue weighted by Gasteiger charge is 2.13. The Balaban J connectivity index is 2.01. The van der Waals surface area contributed by atoms with Crippen LogP contribution in [0.5, 0.6) is 0 Å². The molecule has 0 fully saturated rings. The molecule has 3 N–H and O–H groups in total. The molecule has 2 rings (SSSR count). The number of aromatic nitrogens is 2. The number of urea groups is 1. The van der Waals surface area contributed by atoms with Crippen LogP contribution in [-0.4, -0.2) is 27.8 Å². The van der Waals surface area contributed by atoms with Crippen molar-refractivity contribution < 1.29 is 9.59 Å². The van der Waals surface area contributed by atoms with Gasteiger partial charge in [-0.15, -0.1) is 0 Å². The van der Waals surface area contributed by atoms with E-state index in [1.165, 1.54) is 0 Å². The van der Waals surface area contributed by atoms with Crippen molar-refractivity contribution in [2.24, 2.45) is 0 Å². The SMILES string of the molecule is CC[C@H](C)n1nc(NC(=O)c2ccc(NC(=O)NC(C)C)cc2)cc1C. The number of benzene rings is 1. The maximum atomic E-state index is 12.4. The van der Waals surface area contributed by atoms with Gasteiger partial charge in [-0.3, -0.25) is 9.48 Å². The maximum absolute atomic E-state index is 12.4. The third-order valence-electron chi connectivity index (χ3n) is 4.00. The number of hydrogen-bond acceptors (Lipinski definition) is 3. The summed E-state index contributed by atoms with van der Waals surface area (Å²) in [6.07, 6.45) is 0.967. The van der Waals surface area contributed by atoms with E-state index in [-0.39, 0.29) is 24.0 Å². The van der Waals surface area contributed by atoms with Crippen LogP contribution in [0.1, 0.15) is 56.2 Å². The van der Waals surface area contributed by atoms with Gasteiger partial charge in [0, 0.05) is 35.1 Å². The molecule has 0 saturated carbocycles. The topological polar surface area (TPSA) is 88.1 Å². The molecule has 0 aliphatic heterocycles. The van der Waals surface area contributed by atoms with Gasteiger partial charge < -0.3 is 16.0 Å². The fraction of sp³-hybridized carbons (Fsp3) is 0.421. The number of amides is 3. The van der Waals surface area contributed by atoms with Crippen LogP contribution in [0, 0.1) is 6.92 Å². The quantitative estimate of drug-likeness (QED) is 0.731. The van der Waals surface area contributed by atoms with E-state index in [2.05, 4.69) is 34.9 Å². The molecule has 2 aromatic rings. The highest BCUT2D eigenvalue weighted by Crippen LogP contribution is 2.17. The van der Waals surface area contributed by atoms with E-state index in [0.717, 1.165) is 12.1 Å². The monoisotopic (exact) mass is 357 g/mol. The van der Waals surface area contributed by atoms with E-state index < -0.39 is 0 Å². The summed E-state index contributed by atoms with van der Waals surface area (Å²) in [6, 6.07) is 8.63. The summed E-state index contributed by atoms with van der Waals surface area (Å²) < 4.78 is 1.91. The summed E-state index contributed by atoms with van der Waals surface area (Å²) in [5.74, 6) is 0.295. The first-order valence-corrected chi connectivity index (χ1v) is 8.85. The Bertz CT molecular complexity index is 765. The molecule has 3 amide bonds. The van der Waals surface area contributed by atoms with Crippen molar-refractivity contribution in [3.05, 3.63) is 41.6 Å². The van der Waals surface area contributed by atoms with Gasteiger partial charge in [-0.05, 0) is 58.4 Å². The molecule has 1 aromatic carbocycles. The number of nitrogens with one attached hydrogen (secondary N) is 3. The van der Waals surface area contributed by atoms with Crippen LogP contribution in [0.15, 0.2) is 30.3 Å². The number of anilines is 2. The Morgan fingerprint density at radius 1 is 1.12 bits per heavy atom. The zero-order valence-electron chi connectivity index (χ0n) is 16.0. The molecule has 140 valence electrons. The van der Waals surface area contributed by atoms with Crippen molar-refractivity contribution >= 4 is 23.4 Å². The largest absolute Gasteiger partial charge is 0.336 e. The van der Waals surface area contributed by atoms with Crippen LogP contribution in [-0.2, 0) is 0 Å². The van der Waals surface area contributed by atoms with Crippen molar-refractivity contribution in [3.63, 3.8) is 0 Å². The number of hydrogen-bond donors (Lipinski definition) is 3. The first kappa shape index (κ1) is 19.5. The number of rotatable bonds is 6. The average Bonchev–Trinajstić information content (AvgIpc) is 2.94. The molecule has 7 heteroatoms. The van der Waals surface area contributed by atoms with E-state index in [4.69, 9.17) is 0 Å². The Morgan fingerprint density at radius 2 is 1.77 bits per heavy atom. The first-order chi connectivity index (χ1) is 12.3. The van der Waals surface area contributed by atoms with Crippen LogP contribution in [0.4, 0.5) is 16.3 Å². The van der Waals surface area contributed by atoms with Crippen LogP contribution < -0.4 is 16.0 Å². The highest BCUT2D eigenvalue weighted by molar-refractivity contribution is 6.04. The smallest absolute Gasteiger partial charge is 0.319 e. The van der Waals surface area contributed by atoms with Crippen molar-refractivity contribution in [3.8, 4) is 0 Å². The van der Waals surface area contributed by atoms with Crippen molar-refractivity contribution in [2.45, 2.75) is 53.1 Å². The molecule has 0 aliphatic rings. The third kappa shape index (κ3) is 5.08. The summed E-state index contributed by atoms with van der Waals surface area (Å²) in [5, 5.41) is 12.7. The van der Waals surface area contributed by atoms with Crippen LogP contribution in [0.25, 0.3) is 0 Å². The molecule has 0 spiro atoms. The second-order valence-corrected chi connectivity index (χ2v) is 6.66. The maximum Gasteiger partial charge on any atom is 0.319 e. The first-order valence-electron chi connectivity index (χ1n) is 8.85. The summed E-state index contributed by atoms with van der Waals surface area (Å²) in [6.45, 7) is 9.93. The molecular weight excluding hydrogens is 330 g/mol. The average molecular weight is 357 g/mol. The van der Waals surface area contributed by atoms with Crippen LogP contribution in [0.3, 0.4) is 0 Å². The second kappa shape index (κ2) is 8.51. The van der Waals surface area contributed by atoms with Gasteiger partial charge in [-0.1, -0.05) is 6.92 Å². The van der Waals surface area contributed by atoms with Gasteiger partial charge in [-0.25, -0.2) is 4.79 Å². The number of carbonyl (C=O) groups excluding carboxylic acids is 2. The highest BCUT2D eigenvalue weighted by atomic mass is 16.2. The van der Waals surface area contributed by atoms with Crippen LogP contribution >= 0.6 is 0 Å². The molecular formula is C19H27N5O2. The van der Waals surface area contributed by atoms with E-state index in [9.17, 15) is 9.59 Å². The zero-order valence-corrected chi connectivity index (χ0v) is 16.0. The molecule has 1 heterocycles. The summed E-state index contributed by atoms with van der Waals surface area (Å²) in [5.41, 5.74) is 2.12. The molecule has 0 unspecified atom stereocenters. The zero-order chi connectivity index (χ0) is 19.3. The lowest BCUT2D eigenvalue weighted by Crippen LogP contribution is -2.34. The predicted molar refractivity (Wildman–Crippen MR) is 104 cm³/mol. The van der Waals surface area contributed by atoms with E-state index in [1.807, 2.05) is 31.5 Å². The Morgan fingerprint density at radius 3 is 2.35 bits per heavy atom. The molecule has 0 aliphatic carbocycles. The number of carbonyl (C=O) groups is 2. The van der Waals surface area contributed by atoms with Crippen molar-refractivity contribution in [1.29, 1.82) is 0 Å². The van der Waals surface area contributed by atoms with Crippen LogP contribution in [0.2, 0.25) is 0 Å². The van der Waals surface area contributed by atoms with Gasteiger partial charge in [-0.2, -0.15) is 5.10 Å². The molecule has 0 radical (unpaired) electrons. The van der Waals surface area contributed by atoms with Gasteiger partial charge in [0.1, 0.15) is 0 Å². The number of nitrogens with zero attached hydrogens (tertiary/aromatic N) is 2. The molecule has 1 atom stereocenters. The number of aryl methyl sites for hydroxylation is 1. The lowest BCUT2D eigenvalue weighted by atomic mass is 10.2. The summed E-state index contributed by atoms with van der Waals surface area (Å²) in [4.78, 5) is 24.1. The minimum Gasteiger partial charge on any atom is -0.336 e. The molecule has 26 heavy (non-hydrogen) atoms. The van der Waals surface area contributed by atoms with Gasteiger partial charge in [0.15, 0.2) is 5.82 Å². The lowest BCUT2D eigenvalue weighted by molar-refractivity contribution is 0.102. The lowest BCUT2D eigenvalue weighted by Gasteiger charge is -2.11. The molecule has 7 nitrogen and oxygen atoms in total. The Labute approximate surface area is 154 Å². The molecule has 0 bridgehead atoms. The fourth-order valence-electron chi connectivity index (χ4n) is 2.49. The van der Waals surface area contributed by atoms with Gasteiger partial charge in [0.05, 0.1) is 0 Å². The second-order valence-electron chi connectivity index (χ2n) is 6.66. The Hall–Kier alpha value is -2.83. The van der Waals surface area contributed by atoms with Crippen molar-refractivity contribution in [1.82, 2.24) is 15.1 Å². The summed E-state index contributed by atoms with van der Waals surface area (Å²) >= 11 is 0. The third-order valence-corrected chi connectivity index (χ3v) is 4.00. The van der Waals surface area contributed by atoms with Gasteiger partial charge in [0.25, 0.3) is 5.91 Å². The normalized spacial score (nSPS) is 11.9. The van der Waals surface area contributed by atoms with Gasteiger partial charge in [0.2, 0.25) is 0 Å². The van der Waals surface area contributed by atoms with E-state index in [1.54, 1.807) is 24.3 Å². The fourth-order valence-corrected chi connectivity index (χ4v) is 2.49. The molecule has 1 aromatic heterocycles. The Kier molecular flexibility index (Phi) is 6.38. The minimum atomic E-state index is -0.275. The van der Waals surface area contributed by atoms with Gasteiger partial charge >= 0.3 is 6.03 Å². The van der Waals surface area contributed by atoms with E-state index in [0.29, 0.717) is 17.1 Å². The molecule has 0 saturated heterocycles. The minimum absolute atomic E-state index is 0.0544. The van der Waals surface area contributed by atoms with E-state index >= 15 is 0 Å².